The second-order valence-corrected chi connectivity index (χ2v) is 6.42. The van der Waals surface area contributed by atoms with Gasteiger partial charge in [0, 0.05) is 25.7 Å². The maximum Gasteiger partial charge on any atom is 0.151 e. The van der Waals surface area contributed by atoms with E-state index >= 15 is 0 Å². The van der Waals surface area contributed by atoms with Crippen molar-refractivity contribution in [3.05, 3.63) is 17.8 Å². The molecule has 0 spiro atoms. The molecule has 0 atom stereocenters. The first-order chi connectivity index (χ1) is 9.74. The number of nitrogens with zero attached hydrogens (tertiary/aromatic N) is 3. The average molecular weight is 274 g/mol. The minimum absolute atomic E-state index is 0.494. The Morgan fingerprint density at radius 1 is 1.25 bits per heavy atom. The van der Waals surface area contributed by atoms with Crippen molar-refractivity contribution in [3.8, 4) is 0 Å². The van der Waals surface area contributed by atoms with Crippen LogP contribution in [0, 0.1) is 5.41 Å². The van der Waals surface area contributed by atoms with Gasteiger partial charge in [-0.2, -0.15) is 5.10 Å². The van der Waals surface area contributed by atoms with Gasteiger partial charge >= 0.3 is 0 Å². The molecule has 0 bridgehead atoms. The summed E-state index contributed by atoms with van der Waals surface area (Å²) in [5, 5.41) is 12.3. The molecule has 20 heavy (non-hydrogen) atoms. The molecule has 4 heteroatoms. The van der Waals surface area contributed by atoms with Crippen molar-refractivity contribution in [2.24, 2.45) is 5.41 Å². The van der Waals surface area contributed by atoms with Crippen molar-refractivity contribution in [1.82, 2.24) is 15.5 Å². The van der Waals surface area contributed by atoms with Crippen LogP contribution < -0.4 is 10.2 Å². The topological polar surface area (TPSA) is 41.0 Å². The van der Waals surface area contributed by atoms with Crippen LogP contribution in [0.4, 0.5) is 5.82 Å². The zero-order chi connectivity index (χ0) is 14.0. The quantitative estimate of drug-likeness (QED) is 0.866. The lowest BCUT2D eigenvalue weighted by atomic mass is 9.82. The molecule has 0 radical (unpaired) electrons. The van der Waals surface area contributed by atoms with E-state index in [0.717, 1.165) is 37.2 Å². The molecule has 110 valence electrons. The van der Waals surface area contributed by atoms with E-state index in [2.05, 4.69) is 46.4 Å². The van der Waals surface area contributed by atoms with Gasteiger partial charge in [0.2, 0.25) is 0 Å². The van der Waals surface area contributed by atoms with Gasteiger partial charge in [-0.15, -0.1) is 5.10 Å². The summed E-state index contributed by atoms with van der Waals surface area (Å²) in [6, 6.07) is 4.98. The molecule has 2 fully saturated rings. The third-order valence-electron chi connectivity index (χ3n) is 5.12. The van der Waals surface area contributed by atoms with Crippen LogP contribution in [-0.4, -0.2) is 29.3 Å². The lowest BCUT2D eigenvalue weighted by Crippen LogP contribution is -2.27. The predicted octanol–water partition coefficient (Wildman–Crippen LogP) is 2.75. The molecule has 3 rings (SSSR count). The molecule has 2 heterocycles. The maximum absolute atomic E-state index is 4.43. The summed E-state index contributed by atoms with van der Waals surface area (Å²) >= 11 is 0. The van der Waals surface area contributed by atoms with Crippen LogP contribution in [-0.2, 0) is 6.54 Å². The van der Waals surface area contributed by atoms with Gasteiger partial charge in [0.05, 0.1) is 5.69 Å². The van der Waals surface area contributed by atoms with Crippen molar-refractivity contribution >= 4 is 5.82 Å². The SMILES string of the molecule is CCC1(CC)CCN(c2ccc(CNC3CC3)nn2)C1. The van der Waals surface area contributed by atoms with Gasteiger partial charge < -0.3 is 10.2 Å². The fourth-order valence-electron chi connectivity index (χ4n) is 3.11. The molecule has 0 aromatic carbocycles. The van der Waals surface area contributed by atoms with Gasteiger partial charge in [0.15, 0.2) is 5.82 Å². The number of rotatable bonds is 6. The summed E-state index contributed by atoms with van der Waals surface area (Å²) in [6.45, 7) is 7.73. The molecule has 0 unspecified atom stereocenters. The smallest absolute Gasteiger partial charge is 0.151 e. The summed E-state index contributed by atoms with van der Waals surface area (Å²) in [4.78, 5) is 2.40. The summed E-state index contributed by atoms with van der Waals surface area (Å²) in [7, 11) is 0. The van der Waals surface area contributed by atoms with E-state index in [9.17, 15) is 0 Å². The fraction of sp³-hybridized carbons (Fsp3) is 0.750. The van der Waals surface area contributed by atoms with Gasteiger partial charge in [-0.05, 0) is 49.7 Å². The predicted molar refractivity (Wildman–Crippen MR) is 81.7 cm³/mol. The molecular formula is C16H26N4. The van der Waals surface area contributed by atoms with Crippen molar-refractivity contribution < 1.29 is 0 Å². The van der Waals surface area contributed by atoms with Crippen LogP contribution in [0.1, 0.15) is 51.6 Å². The van der Waals surface area contributed by atoms with Gasteiger partial charge in [-0.1, -0.05) is 13.8 Å². The first kappa shape index (κ1) is 13.8. The number of hydrogen-bond acceptors (Lipinski definition) is 4. The summed E-state index contributed by atoms with van der Waals surface area (Å²) in [5.41, 5.74) is 1.55. The average Bonchev–Trinajstić information content (AvgIpc) is 3.23. The zero-order valence-electron chi connectivity index (χ0n) is 12.7. The van der Waals surface area contributed by atoms with Crippen LogP contribution in [0.15, 0.2) is 12.1 Å². The highest BCUT2D eigenvalue weighted by Gasteiger charge is 2.35. The summed E-state index contributed by atoms with van der Waals surface area (Å²) in [6.07, 6.45) is 6.44. The minimum atomic E-state index is 0.494. The zero-order valence-corrected chi connectivity index (χ0v) is 12.7. The van der Waals surface area contributed by atoms with Crippen LogP contribution in [0.3, 0.4) is 0 Å². The fourth-order valence-corrected chi connectivity index (χ4v) is 3.11. The Hall–Kier alpha value is -1.16. The summed E-state index contributed by atoms with van der Waals surface area (Å²) < 4.78 is 0. The lowest BCUT2D eigenvalue weighted by molar-refractivity contribution is 0.301. The Balaban J connectivity index is 1.59. The normalized spacial score (nSPS) is 21.4. The molecule has 1 saturated carbocycles. The van der Waals surface area contributed by atoms with Gasteiger partial charge in [-0.25, -0.2) is 0 Å². The Labute approximate surface area is 122 Å². The highest BCUT2D eigenvalue weighted by molar-refractivity contribution is 5.39. The van der Waals surface area contributed by atoms with Crippen LogP contribution >= 0.6 is 0 Å². The Morgan fingerprint density at radius 3 is 2.60 bits per heavy atom. The highest BCUT2D eigenvalue weighted by Crippen LogP contribution is 2.38. The molecule has 4 nitrogen and oxygen atoms in total. The molecule has 1 aromatic rings. The first-order valence-corrected chi connectivity index (χ1v) is 8.05. The van der Waals surface area contributed by atoms with E-state index in [4.69, 9.17) is 0 Å². The van der Waals surface area contributed by atoms with Crippen LogP contribution in [0.25, 0.3) is 0 Å². The molecule has 1 aliphatic carbocycles. The van der Waals surface area contributed by atoms with E-state index in [0.29, 0.717) is 5.41 Å². The maximum atomic E-state index is 4.43. The molecule has 1 aliphatic heterocycles. The standard InChI is InChI=1S/C16H26N4/c1-3-16(4-2)9-10-20(12-16)15-8-7-14(18-19-15)11-17-13-5-6-13/h7-8,13,17H,3-6,9-12H2,1-2H3. The number of nitrogens with one attached hydrogen (secondary N) is 1. The lowest BCUT2D eigenvalue weighted by Gasteiger charge is -2.26. The van der Waals surface area contributed by atoms with Gasteiger partial charge in [0.25, 0.3) is 0 Å². The first-order valence-electron chi connectivity index (χ1n) is 8.05. The summed E-state index contributed by atoms with van der Waals surface area (Å²) in [5.74, 6) is 1.05. The largest absolute Gasteiger partial charge is 0.355 e. The van der Waals surface area contributed by atoms with Crippen molar-refractivity contribution in [3.63, 3.8) is 0 Å². The molecular weight excluding hydrogens is 248 g/mol. The molecule has 1 saturated heterocycles. The van der Waals surface area contributed by atoms with Crippen molar-refractivity contribution in [1.29, 1.82) is 0 Å². The Kier molecular flexibility index (Phi) is 3.92. The Morgan fingerprint density at radius 2 is 2.05 bits per heavy atom. The Bertz CT molecular complexity index is 434. The number of anilines is 1. The monoisotopic (exact) mass is 274 g/mol. The van der Waals surface area contributed by atoms with Crippen molar-refractivity contribution in [2.75, 3.05) is 18.0 Å². The van der Waals surface area contributed by atoms with Crippen LogP contribution in [0.2, 0.25) is 0 Å². The molecule has 1 N–H and O–H groups in total. The van der Waals surface area contributed by atoms with E-state index in [1.807, 2.05) is 0 Å². The van der Waals surface area contributed by atoms with E-state index in [-0.39, 0.29) is 0 Å². The van der Waals surface area contributed by atoms with E-state index < -0.39 is 0 Å². The van der Waals surface area contributed by atoms with Gasteiger partial charge in [0.1, 0.15) is 0 Å². The van der Waals surface area contributed by atoms with Gasteiger partial charge in [-0.3, -0.25) is 0 Å². The molecule has 0 amide bonds. The number of aromatic nitrogens is 2. The molecule has 2 aliphatic rings. The molecule has 1 aromatic heterocycles. The second kappa shape index (κ2) is 5.68. The third-order valence-corrected chi connectivity index (χ3v) is 5.12. The van der Waals surface area contributed by atoms with Crippen molar-refractivity contribution in [2.45, 2.75) is 58.5 Å². The van der Waals surface area contributed by atoms with Crippen LogP contribution in [0.5, 0.6) is 0 Å². The van der Waals surface area contributed by atoms with E-state index in [1.54, 1.807) is 0 Å². The van der Waals surface area contributed by atoms with E-state index in [1.165, 1.54) is 32.1 Å². The third kappa shape index (κ3) is 2.95. The number of hydrogen-bond donors (Lipinski definition) is 1. The minimum Gasteiger partial charge on any atom is -0.355 e. The second-order valence-electron chi connectivity index (χ2n) is 6.42. The highest BCUT2D eigenvalue weighted by atomic mass is 15.3.